The summed E-state index contributed by atoms with van der Waals surface area (Å²) in [6.45, 7) is 8.51. The fourth-order valence-corrected chi connectivity index (χ4v) is 2.71. The summed E-state index contributed by atoms with van der Waals surface area (Å²) in [5, 5.41) is 0. The maximum Gasteiger partial charge on any atom is 0.118 e. The Kier molecular flexibility index (Phi) is 5.19. The summed E-state index contributed by atoms with van der Waals surface area (Å²) in [5.41, 5.74) is 7.27. The maximum absolute atomic E-state index is 5.99. The van der Waals surface area contributed by atoms with E-state index in [1.54, 1.807) is 7.11 Å². The van der Waals surface area contributed by atoms with Gasteiger partial charge in [0, 0.05) is 38.8 Å². The smallest absolute Gasteiger partial charge is 0.118 e. The molecule has 1 saturated heterocycles. The minimum absolute atomic E-state index is 0.324. The Balaban J connectivity index is 2.03. The predicted octanol–water partition coefficient (Wildman–Crippen LogP) is 1.33. The fourth-order valence-electron chi connectivity index (χ4n) is 2.71. The van der Waals surface area contributed by atoms with E-state index in [1.807, 2.05) is 12.1 Å². The van der Waals surface area contributed by atoms with Crippen LogP contribution in [0, 0.1) is 0 Å². The lowest BCUT2D eigenvalue weighted by Crippen LogP contribution is -2.48. The van der Waals surface area contributed by atoms with E-state index in [0.29, 0.717) is 12.6 Å². The Morgan fingerprint density at radius 1 is 1.16 bits per heavy atom. The molecule has 1 heterocycles. The average molecular weight is 263 g/mol. The number of nitrogens with two attached hydrogens (primary N) is 1. The van der Waals surface area contributed by atoms with Crippen molar-refractivity contribution in [3.05, 3.63) is 29.8 Å². The number of rotatable bonds is 5. The van der Waals surface area contributed by atoms with Crippen LogP contribution in [-0.4, -0.2) is 56.2 Å². The van der Waals surface area contributed by atoms with Crippen molar-refractivity contribution in [2.24, 2.45) is 5.73 Å². The van der Waals surface area contributed by atoms with Gasteiger partial charge in [-0.15, -0.1) is 0 Å². The first-order valence-corrected chi connectivity index (χ1v) is 7.09. The van der Waals surface area contributed by atoms with E-state index in [0.717, 1.165) is 38.5 Å². The lowest BCUT2D eigenvalue weighted by atomic mass is 10.0. The maximum atomic E-state index is 5.99. The molecule has 4 heteroatoms. The van der Waals surface area contributed by atoms with Crippen LogP contribution in [0.3, 0.4) is 0 Å². The zero-order valence-electron chi connectivity index (χ0n) is 12.0. The van der Waals surface area contributed by atoms with Crippen molar-refractivity contribution in [3.8, 4) is 5.75 Å². The first-order chi connectivity index (χ1) is 9.28. The zero-order valence-corrected chi connectivity index (χ0v) is 12.0. The summed E-state index contributed by atoms with van der Waals surface area (Å²) in [6, 6.07) is 8.61. The third-order valence-electron chi connectivity index (χ3n) is 4.02. The highest BCUT2D eigenvalue weighted by molar-refractivity contribution is 5.29. The topological polar surface area (TPSA) is 41.7 Å². The standard InChI is InChI=1S/C15H25N3O/c1-3-17-8-10-18(11-9-17)15(12-16)13-4-6-14(19-2)7-5-13/h4-7,15H,3,8-12,16H2,1-2H3/t15-/m1/s1. The van der Waals surface area contributed by atoms with Gasteiger partial charge in [0.1, 0.15) is 5.75 Å². The second kappa shape index (κ2) is 6.89. The highest BCUT2D eigenvalue weighted by Gasteiger charge is 2.23. The van der Waals surface area contributed by atoms with Gasteiger partial charge in [-0.1, -0.05) is 19.1 Å². The van der Waals surface area contributed by atoms with E-state index in [9.17, 15) is 0 Å². The highest BCUT2D eigenvalue weighted by Crippen LogP contribution is 2.23. The monoisotopic (exact) mass is 263 g/mol. The number of likely N-dealkylation sites (N-methyl/N-ethyl adjacent to an activating group) is 1. The summed E-state index contributed by atoms with van der Waals surface area (Å²) in [7, 11) is 1.69. The molecule has 1 aromatic carbocycles. The molecule has 0 spiro atoms. The van der Waals surface area contributed by atoms with Crippen LogP contribution in [-0.2, 0) is 0 Å². The van der Waals surface area contributed by atoms with Gasteiger partial charge in [-0.3, -0.25) is 4.90 Å². The summed E-state index contributed by atoms with van der Waals surface area (Å²) in [4.78, 5) is 4.98. The van der Waals surface area contributed by atoms with Crippen molar-refractivity contribution in [1.29, 1.82) is 0 Å². The molecular weight excluding hydrogens is 238 g/mol. The van der Waals surface area contributed by atoms with Crippen molar-refractivity contribution < 1.29 is 4.74 Å². The Bertz CT molecular complexity index is 371. The zero-order chi connectivity index (χ0) is 13.7. The van der Waals surface area contributed by atoms with Gasteiger partial charge in [-0.25, -0.2) is 0 Å². The molecule has 19 heavy (non-hydrogen) atoms. The molecule has 1 aromatic rings. The summed E-state index contributed by atoms with van der Waals surface area (Å²) < 4.78 is 5.21. The van der Waals surface area contributed by atoms with Crippen molar-refractivity contribution in [2.75, 3.05) is 46.4 Å². The van der Waals surface area contributed by atoms with Crippen LogP contribution >= 0.6 is 0 Å². The minimum atomic E-state index is 0.324. The molecule has 1 atom stereocenters. The molecule has 0 bridgehead atoms. The predicted molar refractivity (Wildman–Crippen MR) is 78.5 cm³/mol. The van der Waals surface area contributed by atoms with E-state index < -0.39 is 0 Å². The van der Waals surface area contributed by atoms with E-state index in [1.165, 1.54) is 5.56 Å². The van der Waals surface area contributed by atoms with Gasteiger partial charge in [-0.2, -0.15) is 0 Å². The van der Waals surface area contributed by atoms with E-state index in [4.69, 9.17) is 10.5 Å². The van der Waals surface area contributed by atoms with E-state index >= 15 is 0 Å². The first kappa shape index (κ1) is 14.3. The third-order valence-corrected chi connectivity index (χ3v) is 4.02. The molecular formula is C15H25N3O. The normalized spacial score (nSPS) is 19.3. The Morgan fingerprint density at radius 3 is 2.26 bits per heavy atom. The van der Waals surface area contributed by atoms with Crippen LogP contribution in [0.4, 0.5) is 0 Å². The molecule has 0 saturated carbocycles. The van der Waals surface area contributed by atoms with Crippen LogP contribution in [0.5, 0.6) is 5.75 Å². The number of nitrogens with zero attached hydrogens (tertiary/aromatic N) is 2. The molecule has 0 radical (unpaired) electrons. The van der Waals surface area contributed by atoms with Crippen LogP contribution in [0.1, 0.15) is 18.5 Å². The molecule has 2 rings (SSSR count). The van der Waals surface area contributed by atoms with Crippen LogP contribution in [0.25, 0.3) is 0 Å². The van der Waals surface area contributed by atoms with Gasteiger partial charge in [0.2, 0.25) is 0 Å². The van der Waals surface area contributed by atoms with Crippen LogP contribution in [0.15, 0.2) is 24.3 Å². The second-order valence-electron chi connectivity index (χ2n) is 4.99. The quantitative estimate of drug-likeness (QED) is 0.870. The fraction of sp³-hybridized carbons (Fsp3) is 0.600. The molecule has 0 unspecified atom stereocenters. The van der Waals surface area contributed by atoms with Crippen molar-refractivity contribution in [3.63, 3.8) is 0 Å². The molecule has 1 aliphatic heterocycles. The van der Waals surface area contributed by atoms with Gasteiger partial charge in [0.15, 0.2) is 0 Å². The van der Waals surface area contributed by atoms with Crippen LogP contribution in [0.2, 0.25) is 0 Å². The van der Waals surface area contributed by atoms with Gasteiger partial charge < -0.3 is 15.4 Å². The van der Waals surface area contributed by atoms with Crippen molar-refractivity contribution in [2.45, 2.75) is 13.0 Å². The molecule has 0 aliphatic carbocycles. The van der Waals surface area contributed by atoms with Crippen LogP contribution < -0.4 is 10.5 Å². The Labute approximate surface area is 116 Å². The molecule has 0 aromatic heterocycles. The molecule has 1 fully saturated rings. The Hall–Kier alpha value is -1.10. The van der Waals surface area contributed by atoms with Crippen molar-refractivity contribution in [1.82, 2.24) is 9.80 Å². The number of hydrogen-bond acceptors (Lipinski definition) is 4. The average Bonchev–Trinajstić information content (AvgIpc) is 2.49. The van der Waals surface area contributed by atoms with Crippen molar-refractivity contribution >= 4 is 0 Å². The summed E-state index contributed by atoms with van der Waals surface area (Å²) in [6.07, 6.45) is 0. The minimum Gasteiger partial charge on any atom is -0.497 e. The molecule has 106 valence electrons. The lowest BCUT2D eigenvalue weighted by molar-refractivity contribution is 0.102. The van der Waals surface area contributed by atoms with E-state index in [-0.39, 0.29) is 0 Å². The number of methoxy groups -OCH3 is 1. The number of piperazine rings is 1. The summed E-state index contributed by atoms with van der Waals surface area (Å²) in [5.74, 6) is 0.898. The number of hydrogen-bond donors (Lipinski definition) is 1. The molecule has 2 N–H and O–H groups in total. The van der Waals surface area contributed by atoms with E-state index in [2.05, 4.69) is 28.9 Å². The number of benzene rings is 1. The molecule has 0 amide bonds. The lowest BCUT2D eigenvalue weighted by Gasteiger charge is -2.38. The largest absolute Gasteiger partial charge is 0.497 e. The highest BCUT2D eigenvalue weighted by atomic mass is 16.5. The van der Waals surface area contributed by atoms with Gasteiger partial charge in [0.25, 0.3) is 0 Å². The summed E-state index contributed by atoms with van der Waals surface area (Å²) >= 11 is 0. The van der Waals surface area contributed by atoms with Gasteiger partial charge >= 0.3 is 0 Å². The Morgan fingerprint density at radius 2 is 1.79 bits per heavy atom. The second-order valence-corrected chi connectivity index (χ2v) is 4.99. The molecule has 1 aliphatic rings. The first-order valence-electron chi connectivity index (χ1n) is 7.09. The van der Waals surface area contributed by atoms with Gasteiger partial charge in [0.05, 0.1) is 7.11 Å². The molecule has 4 nitrogen and oxygen atoms in total. The van der Waals surface area contributed by atoms with Gasteiger partial charge in [-0.05, 0) is 24.2 Å². The SMILES string of the molecule is CCN1CCN([C@H](CN)c2ccc(OC)cc2)CC1. The third kappa shape index (κ3) is 3.47. The number of ether oxygens (including phenoxy) is 1.